The molecule has 0 atom stereocenters. The molecule has 142 valence electrons. The maximum atomic E-state index is 11.9. The van der Waals surface area contributed by atoms with Crippen LogP contribution in [0.3, 0.4) is 0 Å². The van der Waals surface area contributed by atoms with Crippen molar-refractivity contribution >= 4 is 23.2 Å². The van der Waals surface area contributed by atoms with E-state index < -0.39 is 0 Å². The third-order valence-electron chi connectivity index (χ3n) is 3.78. The van der Waals surface area contributed by atoms with Gasteiger partial charge in [0.05, 0.1) is 19.9 Å². The average molecular weight is 369 g/mol. The Bertz CT molecular complexity index is 819. The van der Waals surface area contributed by atoms with Gasteiger partial charge in [-0.25, -0.2) is 5.43 Å². The van der Waals surface area contributed by atoms with Crippen molar-refractivity contribution in [1.82, 2.24) is 5.43 Å². The van der Waals surface area contributed by atoms with E-state index in [-0.39, 0.29) is 24.7 Å². The van der Waals surface area contributed by atoms with Crippen molar-refractivity contribution in [2.45, 2.75) is 19.8 Å². The number of benzene rings is 2. The van der Waals surface area contributed by atoms with Crippen molar-refractivity contribution < 1.29 is 19.1 Å². The van der Waals surface area contributed by atoms with Crippen LogP contribution in [-0.4, -0.2) is 31.7 Å². The molecular formula is C20H23N3O4. The van der Waals surface area contributed by atoms with E-state index in [0.29, 0.717) is 22.9 Å². The highest BCUT2D eigenvalue weighted by Gasteiger charge is 2.10. The van der Waals surface area contributed by atoms with Crippen LogP contribution < -0.4 is 20.2 Å². The molecule has 0 saturated carbocycles. The van der Waals surface area contributed by atoms with Crippen LogP contribution in [0.2, 0.25) is 0 Å². The molecule has 0 aliphatic heterocycles. The molecule has 2 N–H and O–H groups in total. The highest BCUT2D eigenvalue weighted by Crippen LogP contribution is 2.25. The van der Waals surface area contributed by atoms with Crippen LogP contribution in [0.5, 0.6) is 11.5 Å². The Kier molecular flexibility index (Phi) is 7.37. The summed E-state index contributed by atoms with van der Waals surface area (Å²) in [6, 6.07) is 14.4. The summed E-state index contributed by atoms with van der Waals surface area (Å²) in [7, 11) is 3.12. The number of amides is 2. The molecule has 2 rings (SSSR count). The fourth-order valence-corrected chi connectivity index (χ4v) is 2.33. The van der Waals surface area contributed by atoms with Crippen LogP contribution in [-0.2, 0) is 9.59 Å². The zero-order chi connectivity index (χ0) is 19.6. The minimum absolute atomic E-state index is 0.0369. The lowest BCUT2D eigenvalue weighted by atomic mass is 10.1. The molecule has 2 aromatic rings. The van der Waals surface area contributed by atoms with E-state index in [1.807, 2.05) is 18.2 Å². The molecular weight excluding hydrogens is 346 g/mol. The molecule has 0 saturated heterocycles. The molecule has 0 spiro atoms. The standard InChI is InChI=1S/C20H23N3O4/c1-14(17-10-9-16(26-2)13-18(17)27-3)22-23-20(25)12-11-19(24)21-15-7-5-4-6-8-15/h4-10,13H,11-12H2,1-3H3,(H,21,24)(H,23,25)/b22-14+. The van der Waals surface area contributed by atoms with Crippen LogP contribution in [0.15, 0.2) is 53.6 Å². The molecule has 0 aliphatic rings. The van der Waals surface area contributed by atoms with Crippen molar-refractivity contribution in [3.63, 3.8) is 0 Å². The van der Waals surface area contributed by atoms with Crippen molar-refractivity contribution in [3.8, 4) is 11.5 Å². The van der Waals surface area contributed by atoms with E-state index in [4.69, 9.17) is 9.47 Å². The second-order valence-corrected chi connectivity index (χ2v) is 5.71. The number of methoxy groups -OCH3 is 2. The highest BCUT2D eigenvalue weighted by atomic mass is 16.5. The average Bonchev–Trinajstić information content (AvgIpc) is 2.70. The molecule has 2 aromatic carbocycles. The van der Waals surface area contributed by atoms with Crippen molar-refractivity contribution in [1.29, 1.82) is 0 Å². The molecule has 0 bridgehead atoms. The summed E-state index contributed by atoms with van der Waals surface area (Å²) in [6.07, 6.45) is 0.107. The van der Waals surface area contributed by atoms with Gasteiger partial charge in [-0.05, 0) is 31.2 Å². The topological polar surface area (TPSA) is 89.0 Å². The number of ether oxygens (including phenoxy) is 2. The number of anilines is 1. The van der Waals surface area contributed by atoms with Crippen molar-refractivity contribution in [2.75, 3.05) is 19.5 Å². The number of hydrogen-bond donors (Lipinski definition) is 2. The van der Waals surface area contributed by atoms with Gasteiger partial charge in [-0.3, -0.25) is 9.59 Å². The maximum absolute atomic E-state index is 11.9. The Morgan fingerprint density at radius 3 is 2.33 bits per heavy atom. The number of rotatable bonds is 8. The largest absolute Gasteiger partial charge is 0.497 e. The normalized spacial score (nSPS) is 10.9. The summed E-state index contributed by atoms with van der Waals surface area (Å²) in [5, 5.41) is 6.82. The fourth-order valence-electron chi connectivity index (χ4n) is 2.33. The summed E-state index contributed by atoms with van der Waals surface area (Å²) in [4.78, 5) is 23.8. The van der Waals surface area contributed by atoms with E-state index in [1.54, 1.807) is 51.5 Å². The Hall–Kier alpha value is -3.35. The van der Waals surface area contributed by atoms with E-state index in [1.165, 1.54) is 0 Å². The van der Waals surface area contributed by atoms with Gasteiger partial charge in [0.15, 0.2) is 0 Å². The molecule has 0 unspecified atom stereocenters. The maximum Gasteiger partial charge on any atom is 0.240 e. The highest BCUT2D eigenvalue weighted by molar-refractivity contribution is 6.02. The van der Waals surface area contributed by atoms with Gasteiger partial charge in [0.25, 0.3) is 0 Å². The quantitative estimate of drug-likeness (QED) is 0.553. The summed E-state index contributed by atoms with van der Waals surface area (Å²) in [5.41, 5.74) is 4.48. The van der Waals surface area contributed by atoms with Crippen LogP contribution in [0, 0.1) is 0 Å². The minimum atomic E-state index is -0.343. The first kappa shape index (κ1) is 20.0. The number of carbonyl (C=O) groups excluding carboxylic acids is 2. The number of carbonyl (C=O) groups is 2. The molecule has 2 amide bonds. The predicted octanol–water partition coefficient (Wildman–Crippen LogP) is 2.96. The lowest BCUT2D eigenvalue weighted by Gasteiger charge is -2.10. The van der Waals surface area contributed by atoms with Gasteiger partial charge in [0.2, 0.25) is 11.8 Å². The van der Waals surface area contributed by atoms with Gasteiger partial charge in [-0.1, -0.05) is 18.2 Å². The number of hydrazone groups is 1. The molecule has 7 heteroatoms. The zero-order valence-electron chi connectivity index (χ0n) is 15.6. The van der Waals surface area contributed by atoms with Crippen LogP contribution in [0.4, 0.5) is 5.69 Å². The number of para-hydroxylation sites is 1. The first-order valence-corrected chi connectivity index (χ1v) is 8.44. The summed E-state index contributed by atoms with van der Waals surface area (Å²) in [5.74, 6) is 0.683. The van der Waals surface area contributed by atoms with Gasteiger partial charge in [-0.15, -0.1) is 0 Å². The SMILES string of the molecule is COc1ccc(/C(C)=N/NC(=O)CCC(=O)Nc2ccccc2)c(OC)c1. The first-order valence-electron chi connectivity index (χ1n) is 8.44. The van der Waals surface area contributed by atoms with E-state index in [9.17, 15) is 9.59 Å². The van der Waals surface area contributed by atoms with Gasteiger partial charge in [0.1, 0.15) is 11.5 Å². The van der Waals surface area contributed by atoms with Crippen LogP contribution in [0.25, 0.3) is 0 Å². The van der Waals surface area contributed by atoms with E-state index >= 15 is 0 Å². The smallest absolute Gasteiger partial charge is 0.240 e. The molecule has 0 radical (unpaired) electrons. The Balaban J connectivity index is 1.87. The molecule has 0 heterocycles. The molecule has 27 heavy (non-hydrogen) atoms. The Labute approximate surface area is 158 Å². The number of hydrogen-bond acceptors (Lipinski definition) is 5. The van der Waals surface area contributed by atoms with E-state index in [2.05, 4.69) is 15.8 Å². The van der Waals surface area contributed by atoms with E-state index in [0.717, 1.165) is 5.56 Å². The number of nitrogens with one attached hydrogen (secondary N) is 2. The van der Waals surface area contributed by atoms with Gasteiger partial charge in [-0.2, -0.15) is 5.10 Å². The van der Waals surface area contributed by atoms with Crippen molar-refractivity contribution in [2.24, 2.45) is 5.10 Å². The Morgan fingerprint density at radius 2 is 1.67 bits per heavy atom. The zero-order valence-corrected chi connectivity index (χ0v) is 15.6. The summed E-state index contributed by atoms with van der Waals surface area (Å²) in [6.45, 7) is 1.76. The van der Waals surface area contributed by atoms with Crippen LogP contribution in [0.1, 0.15) is 25.3 Å². The predicted molar refractivity (Wildman–Crippen MR) is 104 cm³/mol. The summed E-state index contributed by atoms with van der Waals surface area (Å²) < 4.78 is 10.5. The summed E-state index contributed by atoms with van der Waals surface area (Å²) >= 11 is 0. The monoisotopic (exact) mass is 369 g/mol. The molecule has 7 nitrogen and oxygen atoms in total. The molecule has 0 fully saturated rings. The lowest BCUT2D eigenvalue weighted by Crippen LogP contribution is -2.21. The molecule has 0 aromatic heterocycles. The lowest BCUT2D eigenvalue weighted by molar-refractivity contribution is -0.124. The molecule has 0 aliphatic carbocycles. The third-order valence-corrected chi connectivity index (χ3v) is 3.78. The Morgan fingerprint density at radius 1 is 0.963 bits per heavy atom. The second kappa shape index (κ2) is 9.96. The third kappa shape index (κ3) is 6.14. The van der Waals surface area contributed by atoms with Crippen molar-refractivity contribution in [3.05, 3.63) is 54.1 Å². The van der Waals surface area contributed by atoms with Gasteiger partial charge < -0.3 is 14.8 Å². The minimum Gasteiger partial charge on any atom is -0.497 e. The first-order chi connectivity index (χ1) is 13.0. The van der Waals surface area contributed by atoms with Gasteiger partial charge >= 0.3 is 0 Å². The fraction of sp³-hybridized carbons (Fsp3) is 0.250. The van der Waals surface area contributed by atoms with Crippen LogP contribution >= 0.6 is 0 Å². The number of nitrogens with zero attached hydrogens (tertiary/aromatic N) is 1. The second-order valence-electron chi connectivity index (χ2n) is 5.71. The van der Waals surface area contributed by atoms with Gasteiger partial charge in [0, 0.05) is 30.2 Å².